The zero-order chi connectivity index (χ0) is 15.7. The smallest absolute Gasteiger partial charge is 0.226 e. The van der Waals surface area contributed by atoms with Crippen molar-refractivity contribution in [1.29, 1.82) is 0 Å². The van der Waals surface area contributed by atoms with Crippen molar-refractivity contribution >= 4 is 5.91 Å². The quantitative estimate of drug-likeness (QED) is 0.931. The molecule has 2 atom stereocenters. The van der Waals surface area contributed by atoms with E-state index in [1.165, 1.54) is 31.2 Å². The first kappa shape index (κ1) is 15.2. The molecule has 0 radical (unpaired) electrons. The third-order valence-corrected chi connectivity index (χ3v) is 6.29. The van der Waals surface area contributed by atoms with Crippen LogP contribution in [0, 0.1) is 17.3 Å². The van der Waals surface area contributed by atoms with Gasteiger partial charge in [0.2, 0.25) is 5.91 Å². The van der Waals surface area contributed by atoms with Gasteiger partial charge in [-0.3, -0.25) is 4.79 Å². The number of amides is 1. The third-order valence-electron chi connectivity index (χ3n) is 6.29. The number of benzene rings is 1. The number of nitrogens with one attached hydrogen (secondary N) is 1. The Bertz CT molecular complexity index is 550. The van der Waals surface area contributed by atoms with Crippen LogP contribution in [0.3, 0.4) is 0 Å². The highest BCUT2D eigenvalue weighted by Crippen LogP contribution is 2.59. The maximum absolute atomic E-state index is 12.9. The molecule has 3 nitrogen and oxygen atoms in total. The molecule has 2 saturated heterocycles. The van der Waals surface area contributed by atoms with Gasteiger partial charge in [-0.15, -0.1) is 0 Å². The van der Waals surface area contributed by atoms with Gasteiger partial charge in [-0.2, -0.15) is 0 Å². The van der Waals surface area contributed by atoms with Crippen LogP contribution in [0.4, 0.5) is 0 Å². The van der Waals surface area contributed by atoms with Crippen LogP contribution >= 0.6 is 0 Å². The molecule has 3 aliphatic rings. The summed E-state index contributed by atoms with van der Waals surface area (Å²) < 4.78 is 0. The van der Waals surface area contributed by atoms with Gasteiger partial charge < -0.3 is 10.2 Å². The number of carbonyl (C=O) groups excluding carboxylic acids is 1. The number of likely N-dealkylation sites (tertiary alicyclic amines) is 1. The molecule has 1 aromatic carbocycles. The summed E-state index contributed by atoms with van der Waals surface area (Å²) in [6.45, 7) is 4.15. The Morgan fingerprint density at radius 3 is 2.78 bits per heavy atom. The van der Waals surface area contributed by atoms with Crippen LogP contribution < -0.4 is 5.32 Å². The summed E-state index contributed by atoms with van der Waals surface area (Å²) in [5, 5.41) is 3.43. The van der Waals surface area contributed by atoms with Crippen molar-refractivity contribution in [1.82, 2.24) is 10.2 Å². The van der Waals surface area contributed by atoms with Gasteiger partial charge in [0.05, 0.1) is 0 Å². The summed E-state index contributed by atoms with van der Waals surface area (Å²) in [4.78, 5) is 15.1. The molecule has 0 aromatic heterocycles. The summed E-state index contributed by atoms with van der Waals surface area (Å²) in [7, 11) is 0. The molecule has 2 unspecified atom stereocenters. The first-order chi connectivity index (χ1) is 11.3. The molecule has 2 heterocycles. The lowest BCUT2D eigenvalue weighted by Gasteiger charge is -2.34. The number of piperidine rings is 2. The molecule has 3 fully saturated rings. The van der Waals surface area contributed by atoms with Gasteiger partial charge in [0.15, 0.2) is 0 Å². The highest BCUT2D eigenvalue weighted by molar-refractivity contribution is 5.82. The molecule has 124 valence electrons. The molecule has 23 heavy (non-hydrogen) atoms. The van der Waals surface area contributed by atoms with E-state index in [1.54, 1.807) is 0 Å². The highest BCUT2D eigenvalue weighted by Gasteiger charge is 2.58. The Balaban J connectivity index is 1.35. The van der Waals surface area contributed by atoms with E-state index in [4.69, 9.17) is 0 Å². The normalized spacial score (nSPS) is 29.5. The zero-order valence-electron chi connectivity index (χ0n) is 14.0. The minimum Gasteiger partial charge on any atom is -0.342 e. The Morgan fingerprint density at radius 1 is 1.22 bits per heavy atom. The first-order valence-corrected chi connectivity index (χ1v) is 9.30. The van der Waals surface area contributed by atoms with Crippen molar-refractivity contribution in [3.63, 3.8) is 0 Å². The van der Waals surface area contributed by atoms with E-state index in [9.17, 15) is 4.79 Å². The predicted molar refractivity (Wildman–Crippen MR) is 92.1 cm³/mol. The molecule has 3 heteroatoms. The van der Waals surface area contributed by atoms with Crippen LogP contribution in [0.1, 0.15) is 37.7 Å². The van der Waals surface area contributed by atoms with E-state index >= 15 is 0 Å². The van der Waals surface area contributed by atoms with Crippen LogP contribution in [0.2, 0.25) is 0 Å². The Labute approximate surface area is 139 Å². The number of carbonyl (C=O) groups is 1. The average molecular weight is 312 g/mol. The van der Waals surface area contributed by atoms with Crippen LogP contribution in [-0.2, 0) is 11.2 Å². The molecule has 1 spiro atoms. The molecular formula is C20H28N2O. The topological polar surface area (TPSA) is 32.3 Å². The summed E-state index contributed by atoms with van der Waals surface area (Å²) in [6.07, 6.45) is 7.09. The number of nitrogens with zero attached hydrogens (tertiary/aromatic N) is 1. The fourth-order valence-electron chi connectivity index (χ4n) is 4.77. The molecule has 4 rings (SSSR count). The van der Waals surface area contributed by atoms with Gasteiger partial charge in [0, 0.05) is 19.0 Å². The molecule has 1 N–H and O–H groups in total. The number of rotatable bonds is 3. The van der Waals surface area contributed by atoms with Gasteiger partial charge >= 0.3 is 0 Å². The molecule has 1 saturated carbocycles. The maximum Gasteiger partial charge on any atom is 0.226 e. The third kappa shape index (κ3) is 3.16. The van der Waals surface area contributed by atoms with Gasteiger partial charge in [-0.25, -0.2) is 0 Å². The van der Waals surface area contributed by atoms with E-state index in [0.29, 0.717) is 23.2 Å². The second-order valence-electron chi connectivity index (χ2n) is 7.85. The highest BCUT2D eigenvalue weighted by atomic mass is 16.2. The van der Waals surface area contributed by atoms with Crippen molar-refractivity contribution in [3.8, 4) is 0 Å². The minimum absolute atomic E-state index is 0.333. The van der Waals surface area contributed by atoms with Crippen molar-refractivity contribution in [2.75, 3.05) is 26.2 Å². The van der Waals surface area contributed by atoms with Crippen molar-refractivity contribution in [3.05, 3.63) is 35.9 Å². The van der Waals surface area contributed by atoms with Gasteiger partial charge in [-0.05, 0) is 68.5 Å². The maximum atomic E-state index is 12.9. The molecule has 1 amide bonds. The Morgan fingerprint density at radius 2 is 2.00 bits per heavy atom. The van der Waals surface area contributed by atoms with E-state index in [1.807, 2.05) is 0 Å². The van der Waals surface area contributed by atoms with Crippen LogP contribution in [0.5, 0.6) is 0 Å². The molecule has 1 aliphatic carbocycles. The van der Waals surface area contributed by atoms with Crippen LogP contribution in [0.15, 0.2) is 30.3 Å². The number of hydrogen-bond donors (Lipinski definition) is 1. The lowest BCUT2D eigenvalue weighted by atomic mass is 9.89. The summed E-state index contributed by atoms with van der Waals surface area (Å²) in [5.74, 6) is 1.43. The second-order valence-corrected chi connectivity index (χ2v) is 7.85. The van der Waals surface area contributed by atoms with Crippen molar-refractivity contribution in [2.24, 2.45) is 17.3 Å². The largest absolute Gasteiger partial charge is 0.342 e. The summed E-state index contributed by atoms with van der Waals surface area (Å²) >= 11 is 0. The van der Waals surface area contributed by atoms with E-state index < -0.39 is 0 Å². The monoisotopic (exact) mass is 312 g/mol. The van der Waals surface area contributed by atoms with Crippen molar-refractivity contribution in [2.45, 2.75) is 38.5 Å². The fourth-order valence-corrected chi connectivity index (χ4v) is 4.77. The van der Waals surface area contributed by atoms with Crippen LogP contribution in [-0.4, -0.2) is 37.0 Å². The first-order valence-electron chi connectivity index (χ1n) is 9.30. The van der Waals surface area contributed by atoms with E-state index in [-0.39, 0.29) is 0 Å². The lowest BCUT2D eigenvalue weighted by Crippen LogP contribution is -2.42. The lowest BCUT2D eigenvalue weighted by molar-refractivity contribution is -0.135. The summed E-state index contributed by atoms with van der Waals surface area (Å²) in [5.41, 5.74) is 1.78. The minimum atomic E-state index is 0.333. The van der Waals surface area contributed by atoms with E-state index in [0.717, 1.165) is 39.0 Å². The van der Waals surface area contributed by atoms with Gasteiger partial charge in [-0.1, -0.05) is 30.3 Å². The fraction of sp³-hybridized carbons (Fsp3) is 0.650. The molecular weight excluding hydrogens is 284 g/mol. The van der Waals surface area contributed by atoms with E-state index in [2.05, 4.69) is 40.5 Å². The Hall–Kier alpha value is -1.35. The average Bonchev–Trinajstić information content (AvgIpc) is 3.29. The Kier molecular flexibility index (Phi) is 4.14. The molecule has 2 aliphatic heterocycles. The molecule has 0 bridgehead atoms. The number of hydrogen-bond acceptors (Lipinski definition) is 2. The zero-order valence-corrected chi connectivity index (χ0v) is 14.0. The standard InChI is InChI=1S/C20H28N2O/c23-19(18-14-20(18)8-10-21-11-9-20)22-12-4-7-17(15-22)13-16-5-2-1-3-6-16/h1-3,5-6,17-18,21H,4,7-15H2. The van der Waals surface area contributed by atoms with Gasteiger partial charge in [0.25, 0.3) is 0 Å². The van der Waals surface area contributed by atoms with Crippen molar-refractivity contribution < 1.29 is 4.79 Å². The SMILES string of the molecule is O=C(C1CC12CCNCC2)N1CCCC(Cc2ccccc2)C1. The second kappa shape index (κ2) is 6.27. The predicted octanol–water partition coefficient (Wildman–Crippen LogP) is 2.86. The summed E-state index contributed by atoms with van der Waals surface area (Å²) in [6, 6.07) is 10.7. The van der Waals surface area contributed by atoms with Crippen LogP contribution in [0.25, 0.3) is 0 Å². The van der Waals surface area contributed by atoms with Gasteiger partial charge in [0.1, 0.15) is 0 Å². The molecule has 1 aromatic rings.